The van der Waals surface area contributed by atoms with Crippen LogP contribution in [0, 0.1) is 17.3 Å². The van der Waals surface area contributed by atoms with Gasteiger partial charge in [-0.3, -0.25) is 24.0 Å². The van der Waals surface area contributed by atoms with Crippen LogP contribution < -0.4 is 21.3 Å². The Morgan fingerprint density at radius 1 is 0.959 bits per heavy atom. The summed E-state index contributed by atoms with van der Waals surface area (Å²) in [6, 6.07) is -3.61. The number of carbonyl (C=O) groups is 6. The summed E-state index contributed by atoms with van der Waals surface area (Å²) in [7, 11) is 0. The second-order valence-electron chi connectivity index (χ2n) is 15.4. The van der Waals surface area contributed by atoms with Gasteiger partial charge in [0.25, 0.3) is 5.91 Å². The molecular weight excluding hydrogens is 624 g/mol. The Bertz CT molecular complexity index is 1170. The number of amides is 6. The fraction of sp³-hybridized carbons (Fsp3) is 0.784. The molecular formula is C37H62N6O6. The molecule has 2 aliphatic carbocycles. The van der Waals surface area contributed by atoms with Gasteiger partial charge in [-0.1, -0.05) is 72.3 Å². The van der Waals surface area contributed by atoms with Gasteiger partial charge in [0.15, 0.2) is 0 Å². The van der Waals surface area contributed by atoms with E-state index in [-0.39, 0.29) is 48.2 Å². The Balaban J connectivity index is 1.79. The van der Waals surface area contributed by atoms with E-state index in [1.165, 1.54) is 11.0 Å². The van der Waals surface area contributed by atoms with Crippen molar-refractivity contribution in [2.75, 3.05) is 26.2 Å². The number of carbonyl (C=O) groups excluding carboxylic acids is 6. The molecule has 4 atom stereocenters. The maximum absolute atomic E-state index is 14.4. The van der Waals surface area contributed by atoms with E-state index in [0.29, 0.717) is 32.4 Å². The average molecular weight is 687 g/mol. The number of nitrogens with zero attached hydrogens (tertiary/aromatic N) is 2. The molecule has 0 spiro atoms. The van der Waals surface area contributed by atoms with Crippen molar-refractivity contribution in [2.45, 2.75) is 142 Å². The molecule has 12 heteroatoms. The molecule has 4 N–H and O–H groups in total. The van der Waals surface area contributed by atoms with Crippen molar-refractivity contribution in [1.29, 1.82) is 0 Å². The van der Waals surface area contributed by atoms with E-state index in [2.05, 4.69) is 27.8 Å². The molecule has 12 nitrogen and oxygen atoms in total. The monoisotopic (exact) mass is 686 g/mol. The molecule has 1 heterocycles. The van der Waals surface area contributed by atoms with Gasteiger partial charge in [-0.2, -0.15) is 0 Å². The van der Waals surface area contributed by atoms with Crippen molar-refractivity contribution in [3.8, 4) is 0 Å². The van der Waals surface area contributed by atoms with Crippen LogP contribution in [-0.4, -0.2) is 95.6 Å². The van der Waals surface area contributed by atoms with Crippen LogP contribution in [0.3, 0.4) is 0 Å². The summed E-state index contributed by atoms with van der Waals surface area (Å²) in [4.78, 5) is 83.5. The molecule has 3 fully saturated rings. The van der Waals surface area contributed by atoms with E-state index in [4.69, 9.17) is 0 Å². The lowest BCUT2D eigenvalue weighted by Crippen LogP contribution is -2.61. The van der Waals surface area contributed by atoms with Crippen molar-refractivity contribution in [1.82, 2.24) is 31.1 Å². The number of urea groups is 1. The highest BCUT2D eigenvalue weighted by atomic mass is 16.2. The second-order valence-corrected chi connectivity index (χ2v) is 15.4. The van der Waals surface area contributed by atoms with Gasteiger partial charge in [-0.15, -0.1) is 6.58 Å². The molecule has 2 saturated carbocycles. The lowest BCUT2D eigenvalue weighted by atomic mass is 9.80. The summed E-state index contributed by atoms with van der Waals surface area (Å²) in [6.45, 7) is 14.7. The largest absolute Gasteiger partial charge is 0.346 e. The molecule has 1 saturated heterocycles. The maximum Gasteiger partial charge on any atom is 0.315 e. The Labute approximate surface area is 293 Å². The molecule has 276 valence electrons. The van der Waals surface area contributed by atoms with Gasteiger partial charge in [0, 0.05) is 32.6 Å². The first kappa shape index (κ1) is 40.0. The van der Waals surface area contributed by atoms with Crippen LogP contribution >= 0.6 is 0 Å². The average Bonchev–Trinajstić information content (AvgIpc) is 3.05. The molecule has 6 amide bonds. The lowest BCUT2D eigenvalue weighted by molar-refractivity contribution is -0.144. The van der Waals surface area contributed by atoms with Crippen molar-refractivity contribution in [3.05, 3.63) is 12.7 Å². The number of hydrogen-bond acceptors (Lipinski definition) is 6. The zero-order chi connectivity index (χ0) is 36.1. The van der Waals surface area contributed by atoms with Crippen molar-refractivity contribution in [2.24, 2.45) is 17.3 Å². The Morgan fingerprint density at radius 2 is 1.65 bits per heavy atom. The molecule has 3 aliphatic rings. The van der Waals surface area contributed by atoms with Crippen molar-refractivity contribution >= 4 is 35.4 Å². The van der Waals surface area contributed by atoms with E-state index in [0.717, 1.165) is 64.2 Å². The molecule has 0 radical (unpaired) electrons. The van der Waals surface area contributed by atoms with Gasteiger partial charge in [-0.05, 0) is 62.7 Å². The molecule has 0 aromatic rings. The molecule has 3 rings (SSSR count). The molecule has 1 aliphatic heterocycles. The van der Waals surface area contributed by atoms with Gasteiger partial charge < -0.3 is 31.1 Å². The summed E-state index contributed by atoms with van der Waals surface area (Å²) in [5.41, 5.74) is -0.351. The SMILES string of the molecule is C=CCNC(=O)C(=O)C(CC1CCC1)NC(=O)[C@H](C)N(CCC)C(=O)[C@@H](NC(=O)N[C@H](CN1CCCCC1=O)C(C)(C)C)C1CCCCC1. The Hall–Kier alpha value is -3.44. The fourth-order valence-electron chi connectivity index (χ4n) is 7.05. The zero-order valence-corrected chi connectivity index (χ0v) is 30.6. The van der Waals surface area contributed by atoms with Gasteiger partial charge in [-0.25, -0.2) is 4.79 Å². The summed E-state index contributed by atoms with van der Waals surface area (Å²) in [5, 5.41) is 11.4. The molecule has 0 aromatic heterocycles. The third kappa shape index (κ3) is 11.8. The lowest BCUT2D eigenvalue weighted by Gasteiger charge is -2.39. The van der Waals surface area contributed by atoms with Gasteiger partial charge in [0.05, 0.1) is 12.1 Å². The summed E-state index contributed by atoms with van der Waals surface area (Å²) in [6.07, 6.45) is 12.2. The first-order valence-electron chi connectivity index (χ1n) is 18.6. The summed E-state index contributed by atoms with van der Waals surface area (Å²) < 4.78 is 0. The molecule has 0 bridgehead atoms. The predicted molar refractivity (Wildman–Crippen MR) is 189 cm³/mol. The van der Waals surface area contributed by atoms with Crippen LogP contribution in [-0.2, 0) is 24.0 Å². The summed E-state index contributed by atoms with van der Waals surface area (Å²) in [5.74, 6) is -2.09. The number of Topliss-reactive ketones (excluding diaryl/α,β-unsaturated/α-hetero) is 1. The normalized spacial score (nSPS) is 19.8. The number of hydrogen-bond donors (Lipinski definition) is 4. The minimum atomic E-state index is -0.997. The topological polar surface area (TPSA) is 157 Å². The van der Waals surface area contributed by atoms with Gasteiger partial charge in [0.2, 0.25) is 23.5 Å². The smallest absolute Gasteiger partial charge is 0.315 e. The number of nitrogens with one attached hydrogen (secondary N) is 4. The first-order valence-corrected chi connectivity index (χ1v) is 18.6. The van der Waals surface area contributed by atoms with Crippen LogP contribution in [0.2, 0.25) is 0 Å². The Morgan fingerprint density at radius 3 is 2.22 bits per heavy atom. The van der Waals surface area contributed by atoms with E-state index >= 15 is 0 Å². The standard InChI is InChI=1S/C37H62N6O6/c1-7-20-38-34(47)32(45)28(23-26-15-14-16-26)39-33(46)25(3)43(21-8-2)35(48)31(27-17-10-9-11-18-27)41-36(49)40-29(37(4,5)6)24-42-22-13-12-19-30(42)44/h7,25-29,31H,1,8-24H2,2-6H3,(H,38,47)(H,39,46)(H2,40,41,49)/t25-,28?,29+,31-/m0/s1. The highest BCUT2D eigenvalue weighted by molar-refractivity contribution is 6.38. The third-order valence-corrected chi connectivity index (χ3v) is 10.5. The minimum Gasteiger partial charge on any atom is -0.346 e. The van der Waals surface area contributed by atoms with Crippen LogP contribution in [0.25, 0.3) is 0 Å². The van der Waals surface area contributed by atoms with Crippen LogP contribution in [0.4, 0.5) is 4.79 Å². The predicted octanol–water partition coefficient (Wildman–Crippen LogP) is 3.84. The second kappa shape index (κ2) is 19.1. The molecule has 49 heavy (non-hydrogen) atoms. The number of piperidine rings is 1. The number of rotatable bonds is 17. The minimum absolute atomic E-state index is 0.0921. The Kier molecular flexibility index (Phi) is 15.6. The number of likely N-dealkylation sites (tertiary alicyclic amines) is 1. The van der Waals surface area contributed by atoms with E-state index in [9.17, 15) is 28.8 Å². The number of ketones is 1. The van der Waals surface area contributed by atoms with Crippen LogP contribution in [0.1, 0.15) is 118 Å². The van der Waals surface area contributed by atoms with Crippen molar-refractivity contribution < 1.29 is 28.8 Å². The van der Waals surface area contributed by atoms with Gasteiger partial charge >= 0.3 is 6.03 Å². The molecule has 0 aromatic carbocycles. The fourth-order valence-corrected chi connectivity index (χ4v) is 7.05. The highest BCUT2D eigenvalue weighted by Gasteiger charge is 2.39. The van der Waals surface area contributed by atoms with E-state index in [1.54, 1.807) is 6.92 Å². The van der Waals surface area contributed by atoms with E-state index < -0.39 is 41.8 Å². The maximum atomic E-state index is 14.4. The summed E-state index contributed by atoms with van der Waals surface area (Å²) >= 11 is 0. The van der Waals surface area contributed by atoms with Crippen molar-refractivity contribution in [3.63, 3.8) is 0 Å². The van der Waals surface area contributed by atoms with Crippen LogP contribution in [0.15, 0.2) is 12.7 Å². The first-order chi connectivity index (χ1) is 23.3. The highest BCUT2D eigenvalue weighted by Crippen LogP contribution is 2.31. The van der Waals surface area contributed by atoms with Gasteiger partial charge in [0.1, 0.15) is 12.1 Å². The van der Waals surface area contributed by atoms with Crippen LogP contribution in [0.5, 0.6) is 0 Å². The molecule has 1 unspecified atom stereocenters. The third-order valence-electron chi connectivity index (χ3n) is 10.5. The quantitative estimate of drug-likeness (QED) is 0.135. The zero-order valence-electron chi connectivity index (χ0n) is 30.6. The van der Waals surface area contributed by atoms with E-state index in [1.807, 2.05) is 32.6 Å².